The summed E-state index contributed by atoms with van der Waals surface area (Å²) in [6.45, 7) is 4.61. The van der Waals surface area contributed by atoms with Crippen molar-refractivity contribution in [3.05, 3.63) is 35.9 Å². The van der Waals surface area contributed by atoms with E-state index in [2.05, 4.69) is 0 Å². The van der Waals surface area contributed by atoms with Crippen molar-refractivity contribution < 1.29 is 35.3 Å². The lowest BCUT2D eigenvalue weighted by molar-refractivity contribution is -0.343. The fraction of sp³-hybridized carbons (Fsp3) is 0.667. The molecule has 1 aliphatic rings. The van der Waals surface area contributed by atoms with Gasteiger partial charge in [0, 0.05) is 21.0 Å². The van der Waals surface area contributed by atoms with Crippen molar-refractivity contribution in [2.45, 2.75) is 70.4 Å². The molecule has 1 aromatic rings. The van der Waals surface area contributed by atoms with Gasteiger partial charge in [-0.25, -0.2) is 0 Å². The van der Waals surface area contributed by atoms with Crippen LogP contribution in [0.4, 0.5) is 0 Å². The normalized spacial score (nSPS) is 30.8. The second kappa shape index (κ2) is 11.0. The van der Waals surface area contributed by atoms with Gasteiger partial charge < -0.3 is 29.2 Å². The van der Waals surface area contributed by atoms with Gasteiger partial charge in [0.2, 0.25) is 0 Å². The van der Waals surface area contributed by atoms with Crippen molar-refractivity contribution >= 4 is 5.78 Å². The molecule has 1 fully saturated rings. The largest absolute Gasteiger partial charge is 0.384 e. The molecular weight excluding hydrogens is 364 g/mol. The van der Waals surface area contributed by atoms with Crippen LogP contribution in [0.5, 0.6) is 0 Å². The second-order valence-corrected chi connectivity index (χ2v) is 6.66. The van der Waals surface area contributed by atoms with Gasteiger partial charge in [0.1, 0.15) is 24.4 Å². The van der Waals surface area contributed by atoms with Crippen LogP contribution in [0.2, 0.25) is 0 Å². The van der Waals surface area contributed by atoms with Gasteiger partial charge in [-0.05, 0) is 25.8 Å². The molecule has 7 nitrogen and oxygen atoms in total. The van der Waals surface area contributed by atoms with Crippen molar-refractivity contribution in [3.8, 4) is 0 Å². The van der Waals surface area contributed by atoms with Crippen LogP contribution in [-0.4, -0.2) is 66.0 Å². The molecule has 0 saturated carbocycles. The topological polar surface area (TPSA) is 94.5 Å². The Hall–Kier alpha value is -1.35. The first kappa shape index (κ1) is 21.4. The molecule has 28 heavy (non-hydrogen) atoms. The number of hydrogen-bond donors (Lipinski definition) is 2. The van der Waals surface area contributed by atoms with E-state index < -0.39 is 36.0 Å². The number of ketones is 1. The minimum atomic E-state index is -2.43. The molecule has 5 atom stereocenters. The van der Waals surface area contributed by atoms with Crippen LogP contribution in [0.1, 0.15) is 40.5 Å². The monoisotopic (exact) mass is 397 g/mol. The minimum absolute atomic E-state index is 0.0397. The van der Waals surface area contributed by atoms with Crippen LogP contribution in [0.25, 0.3) is 0 Å². The zero-order valence-electron chi connectivity index (χ0n) is 17.6. The van der Waals surface area contributed by atoms with E-state index in [1.807, 2.05) is 37.3 Å². The Bertz CT molecular complexity index is 614. The van der Waals surface area contributed by atoms with Gasteiger partial charge in [-0.2, -0.15) is 0 Å². The first-order valence-electron chi connectivity index (χ1n) is 10.4. The standard InChI is InChI=1S/C21H32O7/c1-4-10-17(22)21(24)20(23)19(26-6-3)18(16(28-21)14-25-5-2)27-13-15-11-8-7-9-12-15/h7-9,11-12,16,18-20,23-24H,4-6,10,13-14H2,1-3H3/t16-,18-,19+,20-,21?/m1/s1/i1D. The average molecular weight is 397 g/mol. The van der Waals surface area contributed by atoms with Gasteiger partial charge >= 0.3 is 0 Å². The molecule has 0 aromatic heterocycles. The highest BCUT2D eigenvalue weighted by molar-refractivity contribution is 5.86. The summed E-state index contributed by atoms with van der Waals surface area (Å²) in [7, 11) is 0. The Balaban J connectivity index is 2.25. The number of aliphatic hydroxyl groups is 2. The van der Waals surface area contributed by atoms with Gasteiger partial charge in [0.25, 0.3) is 5.79 Å². The van der Waals surface area contributed by atoms with Crippen molar-refractivity contribution in [1.29, 1.82) is 0 Å². The molecule has 1 aromatic carbocycles. The molecule has 0 spiro atoms. The van der Waals surface area contributed by atoms with E-state index in [0.29, 0.717) is 6.61 Å². The summed E-state index contributed by atoms with van der Waals surface area (Å²) in [4.78, 5) is 12.6. The van der Waals surface area contributed by atoms with E-state index >= 15 is 0 Å². The number of benzene rings is 1. The molecule has 0 radical (unpaired) electrons. The molecule has 2 N–H and O–H groups in total. The van der Waals surface area contributed by atoms with E-state index in [1.165, 1.54) is 0 Å². The molecule has 2 rings (SSSR count). The molecular formula is C21H32O7. The van der Waals surface area contributed by atoms with Crippen molar-refractivity contribution in [2.24, 2.45) is 0 Å². The Labute approximate surface area is 168 Å². The number of aliphatic hydroxyl groups excluding tert-OH is 1. The predicted octanol–water partition coefficient (Wildman–Crippen LogP) is 1.83. The molecule has 1 saturated heterocycles. The quantitative estimate of drug-likeness (QED) is 0.588. The molecule has 1 unspecified atom stereocenters. The molecule has 1 aliphatic heterocycles. The molecule has 0 amide bonds. The SMILES string of the molecule is [2H]CCCC(=O)C1(O)O[C@H](COCC)[C@@H](OCc2ccccc2)[C@H](OCC)[C@H]1O. The van der Waals surface area contributed by atoms with Crippen LogP contribution in [0, 0.1) is 0 Å². The highest BCUT2D eigenvalue weighted by Crippen LogP contribution is 2.34. The van der Waals surface area contributed by atoms with Crippen LogP contribution in [0.15, 0.2) is 30.3 Å². The molecule has 7 heteroatoms. The Morgan fingerprint density at radius 3 is 2.61 bits per heavy atom. The van der Waals surface area contributed by atoms with Crippen LogP contribution in [0.3, 0.4) is 0 Å². The van der Waals surface area contributed by atoms with E-state index in [9.17, 15) is 15.0 Å². The smallest absolute Gasteiger partial charge is 0.256 e. The molecule has 158 valence electrons. The number of Topliss-reactive ketones (excluding diaryl/α,β-unsaturated/α-hetero) is 1. The lowest BCUT2D eigenvalue weighted by Gasteiger charge is -2.47. The highest BCUT2D eigenvalue weighted by Gasteiger charge is 2.58. The number of carbonyl (C=O) groups is 1. The lowest BCUT2D eigenvalue weighted by atomic mass is 9.88. The minimum Gasteiger partial charge on any atom is -0.384 e. The summed E-state index contributed by atoms with van der Waals surface area (Å²) in [5.74, 6) is -3.10. The maximum atomic E-state index is 12.6. The molecule has 0 bridgehead atoms. The maximum Gasteiger partial charge on any atom is 0.256 e. The van der Waals surface area contributed by atoms with E-state index in [-0.39, 0.29) is 39.6 Å². The fourth-order valence-corrected chi connectivity index (χ4v) is 3.26. The highest BCUT2D eigenvalue weighted by atomic mass is 16.7. The first-order chi connectivity index (χ1) is 14.0. The molecule has 1 heterocycles. The van der Waals surface area contributed by atoms with Crippen molar-refractivity contribution in [1.82, 2.24) is 0 Å². The van der Waals surface area contributed by atoms with Gasteiger partial charge in [-0.1, -0.05) is 37.2 Å². The Morgan fingerprint density at radius 1 is 1.21 bits per heavy atom. The summed E-state index contributed by atoms with van der Waals surface area (Å²) in [5, 5.41) is 21.7. The zero-order chi connectivity index (χ0) is 21.3. The maximum absolute atomic E-state index is 12.6. The average Bonchev–Trinajstić information content (AvgIpc) is 2.74. The summed E-state index contributed by atoms with van der Waals surface area (Å²) in [6.07, 6.45) is -3.98. The van der Waals surface area contributed by atoms with Crippen LogP contribution >= 0.6 is 0 Å². The third-order valence-electron chi connectivity index (χ3n) is 4.67. The Kier molecular flexibility index (Phi) is 8.39. The fourth-order valence-electron chi connectivity index (χ4n) is 3.26. The van der Waals surface area contributed by atoms with E-state index in [4.69, 9.17) is 20.3 Å². The van der Waals surface area contributed by atoms with E-state index in [1.54, 1.807) is 6.92 Å². The number of ether oxygens (including phenoxy) is 4. The predicted molar refractivity (Wildman–Crippen MR) is 103 cm³/mol. The van der Waals surface area contributed by atoms with Gasteiger partial charge in [-0.3, -0.25) is 4.79 Å². The van der Waals surface area contributed by atoms with Crippen LogP contribution in [-0.2, 0) is 30.3 Å². The van der Waals surface area contributed by atoms with Gasteiger partial charge in [0.05, 0.1) is 13.2 Å². The lowest BCUT2D eigenvalue weighted by Crippen LogP contribution is -2.69. The second-order valence-electron chi connectivity index (χ2n) is 6.66. The zero-order valence-corrected chi connectivity index (χ0v) is 16.6. The number of hydrogen-bond acceptors (Lipinski definition) is 7. The molecule has 0 aliphatic carbocycles. The summed E-state index contributed by atoms with van der Waals surface area (Å²) in [6, 6.07) is 9.52. The third kappa shape index (κ3) is 5.37. The first-order valence-corrected chi connectivity index (χ1v) is 9.73. The van der Waals surface area contributed by atoms with E-state index in [0.717, 1.165) is 5.56 Å². The van der Waals surface area contributed by atoms with Gasteiger partial charge in [0.15, 0.2) is 5.78 Å². The van der Waals surface area contributed by atoms with Gasteiger partial charge in [-0.15, -0.1) is 0 Å². The number of carbonyl (C=O) groups excluding carboxylic acids is 1. The third-order valence-corrected chi connectivity index (χ3v) is 4.67. The van der Waals surface area contributed by atoms with Crippen molar-refractivity contribution in [3.63, 3.8) is 0 Å². The van der Waals surface area contributed by atoms with Crippen molar-refractivity contribution in [2.75, 3.05) is 19.8 Å². The number of rotatable bonds is 11. The summed E-state index contributed by atoms with van der Waals surface area (Å²) < 4.78 is 30.1. The van der Waals surface area contributed by atoms with Crippen LogP contribution < -0.4 is 0 Å². The summed E-state index contributed by atoms with van der Waals surface area (Å²) >= 11 is 0. The Morgan fingerprint density at radius 2 is 1.96 bits per heavy atom. The summed E-state index contributed by atoms with van der Waals surface area (Å²) in [5.41, 5.74) is 0.930.